The van der Waals surface area contributed by atoms with Crippen LogP contribution in [0.15, 0.2) is 60.4 Å². The molecule has 1 aliphatic carbocycles. The Labute approximate surface area is 196 Å². The number of rotatable bonds is 4. The minimum Gasteiger partial charge on any atom is -0.474 e. The van der Waals surface area contributed by atoms with Gasteiger partial charge in [-0.2, -0.15) is 0 Å². The number of hydrogen-bond donors (Lipinski definition) is 0. The van der Waals surface area contributed by atoms with Crippen molar-refractivity contribution >= 4 is 11.6 Å². The summed E-state index contributed by atoms with van der Waals surface area (Å²) in [6.45, 7) is 0.858. The number of hydrogen-bond acceptors (Lipinski definition) is 4. The van der Waals surface area contributed by atoms with Crippen LogP contribution in [-0.2, 0) is 0 Å². The molecule has 3 saturated heterocycles. The van der Waals surface area contributed by atoms with Crippen molar-refractivity contribution in [3.63, 3.8) is 0 Å². The number of fused-ring (bicyclic) bond motifs is 3. The summed E-state index contributed by atoms with van der Waals surface area (Å²) < 4.78 is 6.19. The number of pyridine rings is 1. The summed E-state index contributed by atoms with van der Waals surface area (Å²) in [4.78, 5) is 22.3. The molecule has 0 spiro atoms. The van der Waals surface area contributed by atoms with E-state index in [0.29, 0.717) is 18.0 Å². The number of carbonyl (C=O) groups is 1. The van der Waals surface area contributed by atoms with E-state index in [1.807, 2.05) is 30.3 Å². The highest BCUT2D eigenvalue weighted by molar-refractivity contribution is 5.95. The van der Waals surface area contributed by atoms with Crippen molar-refractivity contribution in [2.45, 2.75) is 76.0 Å². The van der Waals surface area contributed by atoms with Gasteiger partial charge in [-0.05, 0) is 81.2 Å². The first-order valence-corrected chi connectivity index (χ1v) is 12.7. The Morgan fingerprint density at radius 1 is 0.939 bits per heavy atom. The van der Waals surface area contributed by atoms with E-state index in [9.17, 15) is 4.79 Å². The van der Waals surface area contributed by atoms with Crippen LogP contribution in [0.3, 0.4) is 0 Å². The minimum absolute atomic E-state index is 0.171. The van der Waals surface area contributed by atoms with Crippen molar-refractivity contribution in [3.8, 4) is 5.88 Å². The smallest absolute Gasteiger partial charge is 0.258 e. The fourth-order valence-electron chi connectivity index (χ4n) is 6.56. The quantitative estimate of drug-likeness (QED) is 0.619. The van der Waals surface area contributed by atoms with Crippen molar-refractivity contribution < 1.29 is 9.53 Å². The number of allylic oxidation sites excluding steroid dienone is 2. The first-order chi connectivity index (χ1) is 16.3. The van der Waals surface area contributed by atoms with Crippen LogP contribution in [0.5, 0.6) is 5.88 Å². The normalized spacial score (nSPS) is 28.8. The number of aromatic nitrogens is 1. The van der Waals surface area contributed by atoms with Gasteiger partial charge < -0.3 is 14.5 Å². The zero-order valence-electron chi connectivity index (χ0n) is 19.2. The fraction of sp³-hybridized carbons (Fsp3) is 0.500. The maximum atomic E-state index is 13.3. The molecule has 3 fully saturated rings. The topological polar surface area (TPSA) is 45.7 Å². The van der Waals surface area contributed by atoms with Crippen molar-refractivity contribution in [1.82, 2.24) is 9.88 Å². The van der Waals surface area contributed by atoms with E-state index in [-0.39, 0.29) is 12.0 Å². The van der Waals surface area contributed by atoms with E-state index in [4.69, 9.17) is 4.74 Å². The number of piperidine rings is 2. The first kappa shape index (κ1) is 20.8. The van der Waals surface area contributed by atoms with Gasteiger partial charge in [-0.15, -0.1) is 0 Å². The van der Waals surface area contributed by atoms with Gasteiger partial charge in [0.1, 0.15) is 6.10 Å². The molecule has 4 aliphatic rings. The number of nitrogens with zero attached hydrogens (tertiary/aromatic N) is 3. The Morgan fingerprint density at radius 2 is 1.73 bits per heavy atom. The van der Waals surface area contributed by atoms with Crippen molar-refractivity contribution in [1.29, 1.82) is 0 Å². The van der Waals surface area contributed by atoms with Gasteiger partial charge >= 0.3 is 0 Å². The lowest BCUT2D eigenvalue weighted by Crippen LogP contribution is -2.46. The maximum absolute atomic E-state index is 13.3. The molecule has 1 amide bonds. The molecule has 5 heteroatoms. The second-order valence-corrected chi connectivity index (χ2v) is 10.1. The van der Waals surface area contributed by atoms with Crippen LogP contribution >= 0.6 is 0 Å². The number of amides is 1. The van der Waals surface area contributed by atoms with Gasteiger partial charge in [-0.1, -0.05) is 12.1 Å². The molecule has 1 aromatic carbocycles. The standard InChI is InChI=1S/C28H33N3O2/c32-28(30-17-5-7-20-6-1-2-8-26(20)30)21-10-12-22(13-11-21)31-23-14-15-24(31)19-25(18-23)33-27-9-3-4-16-29-27/h3-4,8-13,16,20,23-25H,1-2,5-7,14-15,17-19H2/t20?,23-,24+,25?. The third kappa shape index (κ3) is 4.03. The molecular formula is C28H33N3O2. The predicted octanol–water partition coefficient (Wildman–Crippen LogP) is 5.58. The second-order valence-electron chi connectivity index (χ2n) is 10.1. The summed E-state index contributed by atoms with van der Waals surface area (Å²) in [5.74, 6) is 1.48. The lowest BCUT2D eigenvalue weighted by molar-refractivity contribution is 0.0749. The molecule has 33 heavy (non-hydrogen) atoms. The average Bonchev–Trinajstić information content (AvgIpc) is 3.14. The summed E-state index contributed by atoms with van der Waals surface area (Å²) in [6.07, 6.45) is 14.7. The van der Waals surface area contributed by atoms with Crippen LogP contribution in [0.25, 0.3) is 0 Å². The van der Waals surface area contributed by atoms with Crippen LogP contribution in [0.1, 0.15) is 68.1 Å². The van der Waals surface area contributed by atoms with Crippen LogP contribution in [0.4, 0.5) is 5.69 Å². The molecule has 172 valence electrons. The number of likely N-dealkylation sites (tertiary alicyclic amines) is 1. The second kappa shape index (κ2) is 8.85. The molecule has 4 atom stereocenters. The molecule has 0 N–H and O–H groups in total. The lowest BCUT2D eigenvalue weighted by atomic mass is 9.84. The number of ether oxygens (including phenoxy) is 1. The van der Waals surface area contributed by atoms with Crippen LogP contribution < -0.4 is 9.64 Å². The van der Waals surface area contributed by atoms with E-state index in [1.54, 1.807) is 6.20 Å². The third-order valence-electron chi connectivity index (χ3n) is 8.05. The van der Waals surface area contributed by atoms with Gasteiger partial charge in [0.2, 0.25) is 5.88 Å². The van der Waals surface area contributed by atoms with Gasteiger partial charge in [-0.3, -0.25) is 4.79 Å². The molecule has 0 saturated carbocycles. The summed E-state index contributed by atoms with van der Waals surface area (Å²) in [5.41, 5.74) is 3.34. The molecule has 3 aliphatic heterocycles. The van der Waals surface area contributed by atoms with E-state index in [2.05, 4.69) is 33.0 Å². The Hall–Kier alpha value is -2.82. The SMILES string of the molecule is O=C(c1ccc(N2[C@@H]3CC[C@H]2CC(Oc2ccccn2)C3)cc1)N1CCCC2CCCC=C21. The van der Waals surface area contributed by atoms with Gasteiger partial charge in [-0.25, -0.2) is 4.98 Å². The monoisotopic (exact) mass is 443 g/mol. The predicted molar refractivity (Wildman–Crippen MR) is 129 cm³/mol. The van der Waals surface area contributed by atoms with Crippen LogP contribution in [0.2, 0.25) is 0 Å². The van der Waals surface area contributed by atoms with Crippen molar-refractivity contribution in [2.75, 3.05) is 11.4 Å². The van der Waals surface area contributed by atoms with Gasteiger partial charge in [0.05, 0.1) is 0 Å². The molecule has 5 nitrogen and oxygen atoms in total. The van der Waals surface area contributed by atoms with Crippen molar-refractivity contribution in [2.24, 2.45) is 5.92 Å². The molecule has 4 heterocycles. The fourth-order valence-corrected chi connectivity index (χ4v) is 6.56. The number of benzene rings is 1. The van der Waals surface area contributed by atoms with E-state index in [1.165, 1.54) is 43.5 Å². The summed E-state index contributed by atoms with van der Waals surface area (Å²) >= 11 is 0. The molecule has 0 radical (unpaired) electrons. The summed E-state index contributed by atoms with van der Waals surface area (Å²) in [6, 6.07) is 15.2. The van der Waals surface area contributed by atoms with E-state index in [0.717, 1.165) is 43.7 Å². The van der Waals surface area contributed by atoms with Crippen LogP contribution in [-0.4, -0.2) is 40.5 Å². The van der Waals surface area contributed by atoms with Crippen molar-refractivity contribution in [3.05, 3.63) is 66.0 Å². The summed E-state index contributed by atoms with van der Waals surface area (Å²) in [7, 11) is 0. The molecular weight excluding hydrogens is 410 g/mol. The molecule has 6 rings (SSSR count). The molecule has 2 bridgehead atoms. The highest BCUT2D eigenvalue weighted by Gasteiger charge is 2.42. The highest BCUT2D eigenvalue weighted by Crippen LogP contribution is 2.41. The molecule has 2 aromatic rings. The molecule has 1 aromatic heterocycles. The Balaban J connectivity index is 1.14. The van der Waals surface area contributed by atoms with E-state index >= 15 is 0 Å². The Bertz CT molecular complexity index is 1010. The highest BCUT2D eigenvalue weighted by atomic mass is 16.5. The Kier molecular flexibility index (Phi) is 5.57. The molecule has 2 unspecified atom stereocenters. The first-order valence-electron chi connectivity index (χ1n) is 12.7. The van der Waals surface area contributed by atoms with E-state index < -0.39 is 0 Å². The third-order valence-corrected chi connectivity index (χ3v) is 8.05. The lowest BCUT2D eigenvalue weighted by Gasteiger charge is -2.40. The van der Waals surface area contributed by atoms with Crippen LogP contribution in [0, 0.1) is 5.92 Å². The zero-order chi connectivity index (χ0) is 22.2. The van der Waals surface area contributed by atoms with Gasteiger partial charge in [0.25, 0.3) is 5.91 Å². The summed E-state index contributed by atoms with van der Waals surface area (Å²) in [5, 5.41) is 0. The van der Waals surface area contributed by atoms with Gasteiger partial charge in [0.15, 0.2) is 0 Å². The minimum atomic E-state index is 0.171. The number of carbonyl (C=O) groups excluding carboxylic acids is 1. The van der Waals surface area contributed by atoms with Gasteiger partial charge in [0, 0.05) is 60.7 Å². The maximum Gasteiger partial charge on any atom is 0.258 e. The number of anilines is 1. The largest absolute Gasteiger partial charge is 0.474 e. The zero-order valence-corrected chi connectivity index (χ0v) is 19.2. The average molecular weight is 444 g/mol. The Morgan fingerprint density at radius 3 is 2.48 bits per heavy atom.